The van der Waals surface area contributed by atoms with Gasteiger partial charge in [-0.05, 0) is 31.5 Å². The maximum Gasteiger partial charge on any atom is 0.191 e. The fourth-order valence-electron chi connectivity index (χ4n) is 1.42. The lowest BCUT2D eigenvalue weighted by Gasteiger charge is -2.24. The van der Waals surface area contributed by atoms with Gasteiger partial charge in [0.1, 0.15) is 0 Å². The number of hydrogen-bond acceptors (Lipinski definition) is 2. The summed E-state index contributed by atoms with van der Waals surface area (Å²) in [7, 11) is 3.47. The molecule has 20 heavy (non-hydrogen) atoms. The Morgan fingerprint density at radius 2 is 2.05 bits per heavy atom. The van der Waals surface area contributed by atoms with Crippen molar-refractivity contribution in [1.29, 1.82) is 0 Å². The number of methoxy groups -OCH3 is 1. The second-order valence-electron chi connectivity index (χ2n) is 4.87. The number of guanidine groups is 1. The molecule has 0 unspecified atom stereocenters. The molecule has 0 amide bonds. The molecule has 6 heteroatoms. The van der Waals surface area contributed by atoms with Crippen molar-refractivity contribution in [1.82, 2.24) is 10.6 Å². The van der Waals surface area contributed by atoms with Crippen LogP contribution in [0.2, 0.25) is 0 Å². The van der Waals surface area contributed by atoms with E-state index in [1.807, 2.05) is 26.0 Å². The molecule has 1 rings (SSSR count). The number of nitrogens with zero attached hydrogens (tertiary/aromatic N) is 1. The first kappa shape index (κ1) is 19.7. The second-order valence-corrected chi connectivity index (χ2v) is 5.79. The molecule has 0 fully saturated rings. The van der Waals surface area contributed by atoms with Gasteiger partial charge in [0.15, 0.2) is 5.96 Å². The third-order valence-corrected chi connectivity index (χ3v) is 3.30. The highest BCUT2D eigenvalue weighted by Gasteiger charge is 2.16. The molecular weight excluding hydrogens is 433 g/mol. The predicted octanol–water partition coefficient (Wildman–Crippen LogP) is 3.16. The Hall–Kier alpha value is -0.340. The van der Waals surface area contributed by atoms with Crippen LogP contribution in [0.5, 0.6) is 0 Å². The smallest absolute Gasteiger partial charge is 0.191 e. The molecule has 0 aliphatic heterocycles. The largest absolute Gasteiger partial charge is 0.377 e. The molecule has 0 saturated carbocycles. The SMILES string of the molecule is CN=C(NCc1cccc(Br)c1)NCC(C)(C)OC.I. The first-order valence-corrected chi connectivity index (χ1v) is 7.00. The molecule has 0 atom stereocenters. The molecule has 2 N–H and O–H groups in total. The van der Waals surface area contributed by atoms with Crippen LogP contribution in [0.25, 0.3) is 0 Å². The van der Waals surface area contributed by atoms with Gasteiger partial charge in [0.05, 0.1) is 5.60 Å². The van der Waals surface area contributed by atoms with E-state index in [0.29, 0.717) is 6.54 Å². The number of aliphatic imine (C=N–C) groups is 1. The van der Waals surface area contributed by atoms with Crippen molar-refractivity contribution in [3.05, 3.63) is 34.3 Å². The van der Waals surface area contributed by atoms with Gasteiger partial charge in [0.2, 0.25) is 0 Å². The summed E-state index contributed by atoms with van der Waals surface area (Å²) < 4.78 is 6.44. The van der Waals surface area contributed by atoms with Gasteiger partial charge < -0.3 is 15.4 Å². The van der Waals surface area contributed by atoms with Crippen molar-refractivity contribution >= 4 is 45.9 Å². The van der Waals surface area contributed by atoms with Crippen LogP contribution in [0.1, 0.15) is 19.4 Å². The average molecular weight is 456 g/mol. The van der Waals surface area contributed by atoms with Gasteiger partial charge in [0.25, 0.3) is 0 Å². The Balaban J connectivity index is 0.00000361. The van der Waals surface area contributed by atoms with Crippen molar-refractivity contribution in [2.45, 2.75) is 26.0 Å². The zero-order chi connectivity index (χ0) is 14.3. The maximum absolute atomic E-state index is 5.36. The molecule has 0 radical (unpaired) electrons. The second kappa shape index (κ2) is 9.57. The quantitative estimate of drug-likeness (QED) is 0.407. The normalized spacial score (nSPS) is 11.8. The molecule has 1 aromatic carbocycles. The number of nitrogens with one attached hydrogen (secondary N) is 2. The van der Waals surface area contributed by atoms with Gasteiger partial charge in [-0.1, -0.05) is 28.1 Å². The van der Waals surface area contributed by atoms with Crippen LogP contribution in [-0.4, -0.2) is 32.3 Å². The summed E-state index contributed by atoms with van der Waals surface area (Å²) in [5.41, 5.74) is 0.983. The third-order valence-electron chi connectivity index (χ3n) is 2.81. The zero-order valence-electron chi connectivity index (χ0n) is 12.4. The minimum Gasteiger partial charge on any atom is -0.377 e. The Kier molecular flexibility index (Phi) is 9.41. The summed E-state index contributed by atoms with van der Waals surface area (Å²) in [5, 5.41) is 6.52. The Morgan fingerprint density at radius 1 is 1.35 bits per heavy atom. The van der Waals surface area contributed by atoms with Gasteiger partial charge in [-0.15, -0.1) is 24.0 Å². The Labute approximate surface area is 146 Å². The van der Waals surface area contributed by atoms with Crippen molar-refractivity contribution in [2.75, 3.05) is 20.7 Å². The average Bonchev–Trinajstić information content (AvgIpc) is 2.39. The molecule has 0 spiro atoms. The van der Waals surface area contributed by atoms with E-state index in [0.717, 1.165) is 17.0 Å². The number of halogens is 2. The van der Waals surface area contributed by atoms with Crippen LogP contribution in [0.4, 0.5) is 0 Å². The summed E-state index contributed by atoms with van der Waals surface area (Å²) in [6, 6.07) is 8.19. The Bertz CT molecular complexity index is 438. The highest BCUT2D eigenvalue weighted by Crippen LogP contribution is 2.11. The maximum atomic E-state index is 5.36. The topological polar surface area (TPSA) is 45.7 Å². The van der Waals surface area contributed by atoms with E-state index in [2.05, 4.69) is 43.7 Å². The van der Waals surface area contributed by atoms with Crippen LogP contribution in [0, 0.1) is 0 Å². The number of ether oxygens (including phenoxy) is 1. The lowest BCUT2D eigenvalue weighted by atomic mass is 10.1. The van der Waals surface area contributed by atoms with Crippen molar-refractivity contribution < 1.29 is 4.74 Å². The molecule has 0 heterocycles. The fraction of sp³-hybridized carbons (Fsp3) is 0.500. The number of benzene rings is 1. The summed E-state index contributed by atoms with van der Waals surface area (Å²) >= 11 is 3.46. The van der Waals surface area contributed by atoms with Gasteiger partial charge in [0, 0.05) is 31.7 Å². The fourth-order valence-corrected chi connectivity index (χ4v) is 1.87. The van der Waals surface area contributed by atoms with Crippen LogP contribution >= 0.6 is 39.9 Å². The predicted molar refractivity (Wildman–Crippen MR) is 98.8 cm³/mol. The van der Waals surface area contributed by atoms with Crippen molar-refractivity contribution in [3.63, 3.8) is 0 Å². The van der Waals surface area contributed by atoms with Crippen LogP contribution in [0.15, 0.2) is 33.7 Å². The highest BCUT2D eigenvalue weighted by molar-refractivity contribution is 14.0. The van der Waals surface area contributed by atoms with E-state index in [4.69, 9.17) is 4.74 Å². The summed E-state index contributed by atoms with van der Waals surface area (Å²) in [6.45, 7) is 5.48. The van der Waals surface area contributed by atoms with Gasteiger partial charge >= 0.3 is 0 Å². The molecule has 4 nitrogen and oxygen atoms in total. The molecule has 0 aromatic heterocycles. The van der Waals surface area contributed by atoms with E-state index in [9.17, 15) is 0 Å². The molecule has 0 aliphatic carbocycles. The Morgan fingerprint density at radius 3 is 2.60 bits per heavy atom. The lowest BCUT2D eigenvalue weighted by molar-refractivity contribution is 0.0268. The van der Waals surface area contributed by atoms with Gasteiger partial charge in [-0.2, -0.15) is 0 Å². The van der Waals surface area contributed by atoms with Crippen LogP contribution in [0.3, 0.4) is 0 Å². The van der Waals surface area contributed by atoms with Gasteiger partial charge in [-0.3, -0.25) is 4.99 Å². The van der Waals surface area contributed by atoms with Crippen LogP contribution in [-0.2, 0) is 11.3 Å². The summed E-state index contributed by atoms with van der Waals surface area (Å²) in [6.07, 6.45) is 0. The lowest BCUT2D eigenvalue weighted by Crippen LogP contribution is -2.45. The third kappa shape index (κ3) is 7.44. The number of hydrogen-bond donors (Lipinski definition) is 2. The molecule has 0 aliphatic rings. The minimum atomic E-state index is -0.215. The van der Waals surface area contributed by atoms with Crippen LogP contribution < -0.4 is 10.6 Å². The van der Waals surface area contributed by atoms with Crippen molar-refractivity contribution in [2.24, 2.45) is 4.99 Å². The number of rotatable bonds is 5. The molecule has 0 bridgehead atoms. The standard InChI is InChI=1S/C14H22BrN3O.HI/c1-14(2,19-4)10-18-13(16-3)17-9-11-6-5-7-12(15)8-11;/h5-8H,9-10H2,1-4H3,(H2,16,17,18);1H. The monoisotopic (exact) mass is 455 g/mol. The van der Waals surface area contributed by atoms with Gasteiger partial charge in [-0.25, -0.2) is 0 Å². The van der Waals surface area contributed by atoms with E-state index in [1.54, 1.807) is 14.2 Å². The molecule has 0 saturated heterocycles. The summed E-state index contributed by atoms with van der Waals surface area (Å²) in [4.78, 5) is 4.19. The minimum absolute atomic E-state index is 0. The first-order valence-electron chi connectivity index (χ1n) is 6.21. The molecule has 114 valence electrons. The van der Waals surface area contributed by atoms with E-state index >= 15 is 0 Å². The zero-order valence-corrected chi connectivity index (χ0v) is 16.3. The highest BCUT2D eigenvalue weighted by atomic mass is 127. The van der Waals surface area contributed by atoms with E-state index < -0.39 is 0 Å². The first-order chi connectivity index (χ1) is 8.96. The molecular formula is C14H23BrIN3O. The van der Waals surface area contributed by atoms with Crippen molar-refractivity contribution in [3.8, 4) is 0 Å². The van der Waals surface area contributed by atoms with E-state index in [1.165, 1.54) is 5.56 Å². The summed E-state index contributed by atoms with van der Waals surface area (Å²) in [5.74, 6) is 0.769. The molecule has 1 aromatic rings. The van der Waals surface area contributed by atoms with E-state index in [-0.39, 0.29) is 29.6 Å².